The molecule has 4 nitrogen and oxygen atoms in total. The Kier molecular flexibility index (Phi) is 2.52. The molecule has 90 valence electrons. The van der Waals surface area contributed by atoms with Gasteiger partial charge < -0.3 is 10.1 Å². The number of aryl methyl sites for hydroxylation is 1. The lowest BCUT2D eigenvalue weighted by molar-refractivity contribution is 0.117. The van der Waals surface area contributed by atoms with Gasteiger partial charge in [0, 0.05) is 6.54 Å². The maximum Gasteiger partial charge on any atom is 0.415 e. The summed E-state index contributed by atoms with van der Waals surface area (Å²) >= 11 is 0. The lowest BCUT2D eigenvalue weighted by Crippen LogP contribution is -2.49. The molecule has 0 aliphatic carbocycles. The lowest BCUT2D eigenvalue weighted by atomic mass is 10.0. The van der Waals surface area contributed by atoms with Crippen molar-refractivity contribution in [2.75, 3.05) is 18.0 Å². The second-order valence-corrected chi connectivity index (χ2v) is 4.64. The number of carbonyl (C=O) groups is 1. The lowest BCUT2D eigenvalue weighted by Gasteiger charge is -2.29. The SMILES string of the molecule is Cc1ccccc1N1C(=O)OC2CCNCC21. The second kappa shape index (κ2) is 4.04. The number of carbonyl (C=O) groups excluding carboxylic acids is 1. The zero-order valence-corrected chi connectivity index (χ0v) is 9.85. The molecule has 0 bridgehead atoms. The Bertz CT molecular complexity index is 447. The first-order valence-electron chi connectivity index (χ1n) is 6.03. The molecule has 2 unspecified atom stereocenters. The van der Waals surface area contributed by atoms with Crippen molar-refractivity contribution < 1.29 is 9.53 Å². The summed E-state index contributed by atoms with van der Waals surface area (Å²) in [5, 5.41) is 3.32. The van der Waals surface area contributed by atoms with Gasteiger partial charge in [-0.25, -0.2) is 4.79 Å². The van der Waals surface area contributed by atoms with Crippen molar-refractivity contribution in [2.45, 2.75) is 25.5 Å². The Balaban J connectivity index is 1.96. The van der Waals surface area contributed by atoms with E-state index in [9.17, 15) is 4.79 Å². The number of piperidine rings is 1. The third-order valence-corrected chi connectivity index (χ3v) is 3.54. The van der Waals surface area contributed by atoms with E-state index in [1.165, 1.54) is 0 Å². The third kappa shape index (κ3) is 1.69. The average Bonchev–Trinajstić information content (AvgIpc) is 2.66. The molecule has 3 rings (SSSR count). The van der Waals surface area contributed by atoms with E-state index in [1.54, 1.807) is 4.90 Å². The second-order valence-electron chi connectivity index (χ2n) is 4.64. The van der Waals surface area contributed by atoms with Crippen LogP contribution in [0.25, 0.3) is 0 Å². The van der Waals surface area contributed by atoms with Crippen molar-refractivity contribution in [1.29, 1.82) is 0 Å². The van der Waals surface area contributed by atoms with E-state index < -0.39 is 0 Å². The standard InChI is InChI=1S/C13H16N2O2/c1-9-4-2-3-5-10(9)15-11-8-14-7-6-12(11)17-13(15)16/h2-5,11-12,14H,6-8H2,1H3. The van der Waals surface area contributed by atoms with Crippen molar-refractivity contribution in [2.24, 2.45) is 0 Å². The van der Waals surface area contributed by atoms with Gasteiger partial charge in [0.15, 0.2) is 0 Å². The van der Waals surface area contributed by atoms with Gasteiger partial charge in [0.05, 0.1) is 11.7 Å². The fraction of sp³-hybridized carbons (Fsp3) is 0.462. The fourth-order valence-electron chi connectivity index (χ4n) is 2.65. The minimum atomic E-state index is -0.210. The van der Waals surface area contributed by atoms with E-state index in [1.807, 2.05) is 31.2 Å². The molecule has 1 aromatic rings. The predicted molar refractivity (Wildman–Crippen MR) is 65.2 cm³/mol. The number of anilines is 1. The highest BCUT2D eigenvalue weighted by Gasteiger charge is 2.43. The first-order chi connectivity index (χ1) is 8.27. The third-order valence-electron chi connectivity index (χ3n) is 3.54. The molecule has 2 fully saturated rings. The van der Waals surface area contributed by atoms with E-state index in [4.69, 9.17) is 4.74 Å². The van der Waals surface area contributed by atoms with Crippen LogP contribution < -0.4 is 10.2 Å². The summed E-state index contributed by atoms with van der Waals surface area (Å²) in [5.74, 6) is 0. The highest BCUT2D eigenvalue weighted by Crippen LogP contribution is 2.31. The van der Waals surface area contributed by atoms with E-state index in [-0.39, 0.29) is 18.2 Å². The largest absolute Gasteiger partial charge is 0.444 e. The number of benzene rings is 1. The van der Waals surface area contributed by atoms with Gasteiger partial charge in [0.25, 0.3) is 0 Å². The van der Waals surface area contributed by atoms with Gasteiger partial charge in [-0.05, 0) is 31.5 Å². The monoisotopic (exact) mass is 232 g/mol. The minimum absolute atomic E-state index is 0.0448. The highest BCUT2D eigenvalue weighted by molar-refractivity contribution is 5.91. The summed E-state index contributed by atoms with van der Waals surface area (Å²) in [6.07, 6.45) is 0.736. The van der Waals surface area contributed by atoms with Crippen molar-refractivity contribution >= 4 is 11.8 Å². The molecule has 1 N–H and O–H groups in total. The molecule has 2 aliphatic rings. The van der Waals surface area contributed by atoms with E-state index in [0.29, 0.717) is 0 Å². The quantitative estimate of drug-likeness (QED) is 0.801. The van der Waals surface area contributed by atoms with Crippen LogP contribution in [0.5, 0.6) is 0 Å². The van der Waals surface area contributed by atoms with Crippen LogP contribution >= 0.6 is 0 Å². The Morgan fingerprint density at radius 2 is 2.24 bits per heavy atom. The normalized spacial score (nSPS) is 27.8. The fourth-order valence-corrected chi connectivity index (χ4v) is 2.65. The summed E-state index contributed by atoms with van der Waals surface area (Å²) in [4.78, 5) is 13.8. The molecule has 0 saturated carbocycles. The van der Waals surface area contributed by atoms with Crippen LogP contribution in [0.3, 0.4) is 0 Å². The van der Waals surface area contributed by atoms with Gasteiger partial charge in [-0.1, -0.05) is 18.2 Å². The van der Waals surface area contributed by atoms with Crippen LogP contribution in [0, 0.1) is 6.92 Å². The number of fused-ring (bicyclic) bond motifs is 1. The number of nitrogens with zero attached hydrogens (tertiary/aromatic N) is 1. The van der Waals surface area contributed by atoms with Crippen LogP contribution in [-0.4, -0.2) is 31.3 Å². The molecule has 2 atom stereocenters. The van der Waals surface area contributed by atoms with Gasteiger partial charge in [0.2, 0.25) is 0 Å². The first kappa shape index (κ1) is 10.6. The Morgan fingerprint density at radius 3 is 3.06 bits per heavy atom. The summed E-state index contributed by atoms with van der Waals surface area (Å²) < 4.78 is 5.43. The highest BCUT2D eigenvalue weighted by atomic mass is 16.6. The summed E-state index contributed by atoms with van der Waals surface area (Å²) in [5.41, 5.74) is 2.07. The zero-order valence-electron chi connectivity index (χ0n) is 9.85. The van der Waals surface area contributed by atoms with Crippen molar-refractivity contribution in [3.8, 4) is 0 Å². The maximum atomic E-state index is 12.0. The van der Waals surface area contributed by atoms with Crippen molar-refractivity contribution in [3.05, 3.63) is 29.8 Å². The molecule has 0 radical (unpaired) electrons. The van der Waals surface area contributed by atoms with Crippen LogP contribution in [0.15, 0.2) is 24.3 Å². The number of nitrogens with one attached hydrogen (secondary N) is 1. The summed E-state index contributed by atoms with van der Waals surface area (Å²) in [7, 11) is 0. The number of rotatable bonds is 1. The van der Waals surface area contributed by atoms with Crippen molar-refractivity contribution in [3.63, 3.8) is 0 Å². The van der Waals surface area contributed by atoms with Crippen LogP contribution in [0.2, 0.25) is 0 Å². The molecule has 4 heteroatoms. The molecular formula is C13H16N2O2. The predicted octanol–water partition coefficient (Wildman–Crippen LogP) is 1.68. The molecule has 0 spiro atoms. The summed E-state index contributed by atoms with van der Waals surface area (Å²) in [6, 6.07) is 8.08. The number of para-hydroxylation sites is 1. The molecule has 2 saturated heterocycles. The van der Waals surface area contributed by atoms with Crippen molar-refractivity contribution in [1.82, 2.24) is 5.32 Å². The Hall–Kier alpha value is -1.55. The average molecular weight is 232 g/mol. The molecule has 2 aliphatic heterocycles. The van der Waals surface area contributed by atoms with Crippen LogP contribution in [0.4, 0.5) is 10.5 Å². The van der Waals surface area contributed by atoms with Gasteiger partial charge in [0.1, 0.15) is 6.10 Å². The van der Waals surface area contributed by atoms with Crippen LogP contribution in [0.1, 0.15) is 12.0 Å². The molecular weight excluding hydrogens is 216 g/mol. The molecule has 1 amide bonds. The zero-order chi connectivity index (χ0) is 11.8. The molecule has 17 heavy (non-hydrogen) atoms. The topological polar surface area (TPSA) is 41.6 Å². The molecule has 1 aromatic carbocycles. The van der Waals surface area contributed by atoms with Gasteiger partial charge >= 0.3 is 6.09 Å². The van der Waals surface area contributed by atoms with E-state index in [0.717, 1.165) is 30.8 Å². The van der Waals surface area contributed by atoms with Gasteiger partial charge in [-0.3, -0.25) is 4.90 Å². The minimum Gasteiger partial charge on any atom is -0.444 e. The summed E-state index contributed by atoms with van der Waals surface area (Å²) in [6.45, 7) is 3.76. The number of amides is 1. The Morgan fingerprint density at radius 1 is 1.41 bits per heavy atom. The number of ether oxygens (including phenoxy) is 1. The number of hydrogen-bond acceptors (Lipinski definition) is 3. The number of hydrogen-bond donors (Lipinski definition) is 1. The van der Waals surface area contributed by atoms with Crippen LogP contribution in [-0.2, 0) is 4.74 Å². The Labute approximate surface area is 101 Å². The van der Waals surface area contributed by atoms with Gasteiger partial charge in [-0.2, -0.15) is 0 Å². The van der Waals surface area contributed by atoms with E-state index >= 15 is 0 Å². The maximum absolute atomic E-state index is 12.0. The first-order valence-corrected chi connectivity index (χ1v) is 6.03. The smallest absolute Gasteiger partial charge is 0.415 e. The molecule has 2 heterocycles. The molecule has 0 aromatic heterocycles. The van der Waals surface area contributed by atoms with Gasteiger partial charge in [-0.15, -0.1) is 0 Å². The van der Waals surface area contributed by atoms with E-state index in [2.05, 4.69) is 5.32 Å².